The average molecular weight is 391 g/mol. The standard InChI is InChI=1S/C20H26N2O4S/c1-25-18-9-10-19(26-2)20(13-18)27(23,24)21-14-16-7-3-4-8-17(16)15-22-11-5-6-12-22/h3-4,7-10,13,21H,5-6,11-12,14-15H2,1-2H3. The van der Waals surface area contributed by atoms with Crippen molar-refractivity contribution in [1.29, 1.82) is 0 Å². The van der Waals surface area contributed by atoms with Gasteiger partial charge < -0.3 is 9.47 Å². The van der Waals surface area contributed by atoms with Gasteiger partial charge in [-0.1, -0.05) is 24.3 Å². The zero-order valence-electron chi connectivity index (χ0n) is 15.8. The fourth-order valence-electron chi connectivity index (χ4n) is 3.31. The summed E-state index contributed by atoms with van der Waals surface area (Å²) in [6.07, 6.45) is 2.45. The second kappa shape index (κ2) is 8.73. The van der Waals surface area contributed by atoms with E-state index in [0.29, 0.717) is 5.75 Å². The second-order valence-electron chi connectivity index (χ2n) is 6.59. The first-order chi connectivity index (χ1) is 13.0. The van der Waals surface area contributed by atoms with Gasteiger partial charge in [0, 0.05) is 19.2 Å². The first-order valence-electron chi connectivity index (χ1n) is 9.04. The number of ether oxygens (including phenoxy) is 2. The molecule has 2 aromatic carbocycles. The van der Waals surface area contributed by atoms with Gasteiger partial charge in [0.25, 0.3) is 0 Å². The van der Waals surface area contributed by atoms with Gasteiger partial charge in [0.1, 0.15) is 16.4 Å². The molecule has 0 saturated carbocycles. The SMILES string of the molecule is COc1ccc(OC)c(S(=O)(=O)NCc2ccccc2CN2CCCC2)c1. The van der Waals surface area contributed by atoms with Crippen LogP contribution in [0.25, 0.3) is 0 Å². The number of sulfonamides is 1. The summed E-state index contributed by atoms with van der Waals surface area (Å²) in [5.74, 6) is 0.749. The van der Waals surface area contributed by atoms with Crippen molar-refractivity contribution < 1.29 is 17.9 Å². The highest BCUT2D eigenvalue weighted by Gasteiger charge is 2.21. The molecular weight excluding hydrogens is 364 g/mol. The molecule has 0 aromatic heterocycles. The molecule has 0 radical (unpaired) electrons. The van der Waals surface area contributed by atoms with E-state index in [9.17, 15) is 8.42 Å². The highest BCUT2D eigenvalue weighted by atomic mass is 32.2. The molecule has 0 amide bonds. The van der Waals surface area contributed by atoms with Crippen LogP contribution in [0.15, 0.2) is 47.4 Å². The van der Waals surface area contributed by atoms with E-state index in [4.69, 9.17) is 9.47 Å². The minimum atomic E-state index is -3.75. The summed E-state index contributed by atoms with van der Waals surface area (Å²) in [7, 11) is -0.796. The molecule has 1 aliphatic rings. The van der Waals surface area contributed by atoms with E-state index in [0.717, 1.165) is 30.8 Å². The largest absolute Gasteiger partial charge is 0.497 e. The minimum Gasteiger partial charge on any atom is -0.497 e. The van der Waals surface area contributed by atoms with Crippen LogP contribution in [0.2, 0.25) is 0 Å². The zero-order chi connectivity index (χ0) is 19.3. The van der Waals surface area contributed by atoms with Crippen LogP contribution in [-0.2, 0) is 23.1 Å². The Kier molecular flexibility index (Phi) is 6.36. The summed E-state index contributed by atoms with van der Waals surface area (Å²) in [5, 5.41) is 0. The lowest BCUT2D eigenvalue weighted by Gasteiger charge is -2.18. The summed E-state index contributed by atoms with van der Waals surface area (Å²) in [6.45, 7) is 3.27. The minimum absolute atomic E-state index is 0.0707. The molecule has 1 saturated heterocycles. The Bertz CT molecular complexity index is 877. The highest BCUT2D eigenvalue weighted by molar-refractivity contribution is 7.89. The second-order valence-corrected chi connectivity index (χ2v) is 8.33. The number of hydrogen-bond acceptors (Lipinski definition) is 5. The fraction of sp³-hybridized carbons (Fsp3) is 0.400. The van der Waals surface area contributed by atoms with Gasteiger partial charge in [0.05, 0.1) is 14.2 Å². The third-order valence-electron chi connectivity index (χ3n) is 4.82. The summed E-state index contributed by atoms with van der Waals surface area (Å²) in [4.78, 5) is 2.47. The quantitative estimate of drug-likeness (QED) is 0.751. The van der Waals surface area contributed by atoms with Crippen molar-refractivity contribution in [2.75, 3.05) is 27.3 Å². The topological polar surface area (TPSA) is 67.9 Å². The van der Waals surface area contributed by atoms with Gasteiger partial charge in [-0.25, -0.2) is 13.1 Å². The number of hydrogen-bond donors (Lipinski definition) is 1. The first-order valence-corrected chi connectivity index (χ1v) is 10.5. The Morgan fingerprint density at radius 1 is 1.00 bits per heavy atom. The number of nitrogens with zero attached hydrogens (tertiary/aromatic N) is 1. The first kappa shape index (κ1) is 19.7. The van der Waals surface area contributed by atoms with Crippen LogP contribution in [0.5, 0.6) is 11.5 Å². The third-order valence-corrected chi connectivity index (χ3v) is 6.25. The van der Waals surface area contributed by atoms with E-state index >= 15 is 0 Å². The zero-order valence-corrected chi connectivity index (χ0v) is 16.6. The maximum atomic E-state index is 12.9. The van der Waals surface area contributed by atoms with Crippen molar-refractivity contribution in [3.8, 4) is 11.5 Å². The van der Waals surface area contributed by atoms with Crippen LogP contribution < -0.4 is 14.2 Å². The van der Waals surface area contributed by atoms with Crippen LogP contribution in [0.3, 0.4) is 0 Å². The molecule has 0 aliphatic carbocycles. The van der Waals surface area contributed by atoms with Gasteiger partial charge in [-0.15, -0.1) is 0 Å². The predicted molar refractivity (Wildman–Crippen MR) is 105 cm³/mol. The van der Waals surface area contributed by atoms with Gasteiger partial charge in [0.15, 0.2) is 0 Å². The molecule has 0 unspecified atom stereocenters. The summed E-state index contributed by atoms with van der Waals surface area (Å²) >= 11 is 0. The van der Waals surface area contributed by atoms with Crippen LogP contribution in [0.4, 0.5) is 0 Å². The molecular formula is C20H26N2O4S. The van der Waals surface area contributed by atoms with Crippen molar-refractivity contribution >= 4 is 10.0 Å². The lowest BCUT2D eigenvalue weighted by Crippen LogP contribution is -2.25. The Hall–Kier alpha value is -2.09. The summed E-state index contributed by atoms with van der Waals surface area (Å²) in [5.41, 5.74) is 2.13. The maximum absolute atomic E-state index is 12.9. The molecule has 1 heterocycles. The Balaban J connectivity index is 1.78. The smallest absolute Gasteiger partial charge is 0.244 e. The molecule has 0 bridgehead atoms. The molecule has 6 nitrogen and oxygen atoms in total. The van der Waals surface area contributed by atoms with E-state index in [1.54, 1.807) is 12.1 Å². The molecule has 27 heavy (non-hydrogen) atoms. The highest BCUT2D eigenvalue weighted by Crippen LogP contribution is 2.28. The van der Waals surface area contributed by atoms with E-state index < -0.39 is 10.0 Å². The Morgan fingerprint density at radius 3 is 2.37 bits per heavy atom. The van der Waals surface area contributed by atoms with Crippen molar-refractivity contribution in [3.63, 3.8) is 0 Å². The monoisotopic (exact) mass is 390 g/mol. The van der Waals surface area contributed by atoms with Crippen molar-refractivity contribution in [1.82, 2.24) is 9.62 Å². The van der Waals surface area contributed by atoms with Gasteiger partial charge in [-0.3, -0.25) is 4.90 Å². The van der Waals surface area contributed by atoms with Crippen LogP contribution in [0.1, 0.15) is 24.0 Å². The van der Waals surface area contributed by atoms with Crippen molar-refractivity contribution in [3.05, 3.63) is 53.6 Å². The molecule has 1 fully saturated rings. The van der Waals surface area contributed by atoms with Gasteiger partial charge >= 0.3 is 0 Å². The molecule has 1 N–H and O–H groups in total. The number of rotatable bonds is 8. The predicted octanol–water partition coefficient (Wildman–Crippen LogP) is 2.78. The van der Waals surface area contributed by atoms with E-state index in [1.807, 2.05) is 18.2 Å². The maximum Gasteiger partial charge on any atom is 0.244 e. The van der Waals surface area contributed by atoms with Crippen molar-refractivity contribution in [2.45, 2.75) is 30.8 Å². The average Bonchev–Trinajstić information content (AvgIpc) is 3.20. The Morgan fingerprint density at radius 2 is 1.70 bits per heavy atom. The molecule has 3 rings (SSSR count). The molecule has 146 valence electrons. The molecule has 1 aliphatic heterocycles. The number of methoxy groups -OCH3 is 2. The molecule has 2 aromatic rings. The number of likely N-dealkylation sites (tertiary alicyclic amines) is 1. The van der Waals surface area contributed by atoms with Crippen LogP contribution in [0, 0.1) is 0 Å². The summed E-state index contributed by atoms with van der Waals surface area (Å²) in [6, 6.07) is 12.7. The van der Waals surface area contributed by atoms with E-state index in [1.165, 1.54) is 33.1 Å². The van der Waals surface area contributed by atoms with E-state index in [2.05, 4.69) is 15.7 Å². The van der Waals surface area contributed by atoms with Crippen LogP contribution in [-0.4, -0.2) is 40.6 Å². The van der Waals surface area contributed by atoms with Gasteiger partial charge in [-0.2, -0.15) is 0 Å². The fourth-order valence-corrected chi connectivity index (χ4v) is 4.50. The molecule has 0 atom stereocenters. The number of nitrogens with one attached hydrogen (secondary N) is 1. The normalized spacial score (nSPS) is 15.0. The lowest BCUT2D eigenvalue weighted by atomic mass is 10.1. The summed E-state index contributed by atoms with van der Waals surface area (Å²) < 4.78 is 38.8. The van der Waals surface area contributed by atoms with E-state index in [-0.39, 0.29) is 17.2 Å². The lowest BCUT2D eigenvalue weighted by molar-refractivity contribution is 0.330. The number of benzene rings is 2. The van der Waals surface area contributed by atoms with Crippen LogP contribution >= 0.6 is 0 Å². The van der Waals surface area contributed by atoms with Crippen molar-refractivity contribution in [2.24, 2.45) is 0 Å². The molecule has 7 heteroatoms. The van der Waals surface area contributed by atoms with Gasteiger partial charge in [0.2, 0.25) is 10.0 Å². The molecule has 0 spiro atoms. The third kappa shape index (κ3) is 4.80. The van der Waals surface area contributed by atoms with Gasteiger partial charge in [-0.05, 0) is 49.2 Å². The Labute approximate surface area is 161 Å².